The summed E-state index contributed by atoms with van der Waals surface area (Å²) in [7, 11) is 0. The maximum absolute atomic E-state index is 14.3. The number of fused-ring (bicyclic) bond motifs is 1. The molecule has 3 aromatic rings. The molecule has 2 saturated heterocycles. The number of hydrogen-bond donors (Lipinski definition) is 1. The van der Waals surface area contributed by atoms with Crippen LogP contribution in [0.15, 0.2) is 91.0 Å². The van der Waals surface area contributed by atoms with Gasteiger partial charge < -0.3 is 15.1 Å². The van der Waals surface area contributed by atoms with E-state index in [1.807, 2.05) is 78.9 Å². The van der Waals surface area contributed by atoms with Crippen LogP contribution in [0.5, 0.6) is 0 Å². The maximum atomic E-state index is 14.3. The maximum Gasteiger partial charge on any atom is 0.254 e. The predicted molar refractivity (Wildman–Crippen MR) is 164 cm³/mol. The highest BCUT2D eigenvalue weighted by atomic mass is 16.2. The molecule has 7 nitrogen and oxygen atoms in total. The van der Waals surface area contributed by atoms with Gasteiger partial charge in [-0.1, -0.05) is 111 Å². The summed E-state index contributed by atoms with van der Waals surface area (Å²) in [6, 6.07) is 26.5. The van der Waals surface area contributed by atoms with Gasteiger partial charge in [-0.05, 0) is 42.0 Å². The van der Waals surface area contributed by atoms with Crippen molar-refractivity contribution in [2.75, 3.05) is 13.1 Å². The molecule has 1 N–H and O–H groups in total. The van der Waals surface area contributed by atoms with Gasteiger partial charge >= 0.3 is 0 Å². The van der Waals surface area contributed by atoms with E-state index in [1.54, 1.807) is 21.9 Å². The molecule has 0 spiro atoms. The van der Waals surface area contributed by atoms with Gasteiger partial charge in [0.15, 0.2) is 5.78 Å². The van der Waals surface area contributed by atoms with Crippen molar-refractivity contribution in [2.45, 2.75) is 69.0 Å². The highest BCUT2D eigenvalue weighted by Gasteiger charge is 2.52. The zero-order chi connectivity index (χ0) is 29.8. The number of hydrogen-bond acceptors (Lipinski definition) is 4. The first kappa shape index (κ1) is 28.8. The van der Waals surface area contributed by atoms with Crippen LogP contribution in [0.25, 0.3) is 0 Å². The van der Waals surface area contributed by atoms with Gasteiger partial charge in [-0.15, -0.1) is 0 Å². The SMILES string of the molecule is O=C(N[C@@H](CC1CCCCC1)C(=O)N1CCC2C1C(=O)CN2C(=O)c1ccccc1)C(c1ccccc1)c1ccccc1. The fourth-order valence-electron chi connectivity index (χ4n) is 7.30. The lowest BCUT2D eigenvalue weighted by Crippen LogP contribution is -2.53. The van der Waals surface area contributed by atoms with Gasteiger partial charge in [-0.2, -0.15) is 0 Å². The summed E-state index contributed by atoms with van der Waals surface area (Å²) in [5.74, 6) is -0.966. The first-order valence-corrected chi connectivity index (χ1v) is 15.6. The molecule has 3 aliphatic rings. The van der Waals surface area contributed by atoms with E-state index in [-0.39, 0.29) is 36.1 Å². The minimum absolute atomic E-state index is 0.00339. The van der Waals surface area contributed by atoms with Gasteiger partial charge in [0.2, 0.25) is 11.8 Å². The van der Waals surface area contributed by atoms with Gasteiger partial charge in [0, 0.05) is 12.1 Å². The summed E-state index contributed by atoms with van der Waals surface area (Å²) in [4.78, 5) is 58.4. The van der Waals surface area contributed by atoms with Crippen molar-refractivity contribution >= 4 is 23.5 Å². The Balaban J connectivity index is 1.25. The predicted octanol–water partition coefficient (Wildman–Crippen LogP) is 4.97. The Hall–Kier alpha value is -4.26. The molecule has 3 fully saturated rings. The molecule has 2 heterocycles. The molecule has 1 saturated carbocycles. The molecular formula is C36H39N3O4. The second-order valence-electron chi connectivity index (χ2n) is 12.2. The van der Waals surface area contributed by atoms with Crippen LogP contribution in [0.2, 0.25) is 0 Å². The summed E-state index contributed by atoms with van der Waals surface area (Å²) in [5, 5.41) is 3.17. The summed E-state index contributed by atoms with van der Waals surface area (Å²) in [6.07, 6.45) is 6.60. The van der Waals surface area contributed by atoms with Crippen molar-refractivity contribution < 1.29 is 19.2 Å². The van der Waals surface area contributed by atoms with Crippen LogP contribution in [0, 0.1) is 5.92 Å². The minimum Gasteiger partial charge on any atom is -0.343 e. The van der Waals surface area contributed by atoms with Crippen LogP contribution in [-0.4, -0.2) is 64.5 Å². The van der Waals surface area contributed by atoms with E-state index in [9.17, 15) is 19.2 Å². The van der Waals surface area contributed by atoms with Gasteiger partial charge in [-0.25, -0.2) is 0 Å². The lowest BCUT2D eigenvalue weighted by molar-refractivity contribution is -0.140. The smallest absolute Gasteiger partial charge is 0.254 e. The molecule has 3 amide bonds. The number of carbonyl (C=O) groups excluding carboxylic acids is 4. The third-order valence-corrected chi connectivity index (χ3v) is 9.42. The van der Waals surface area contributed by atoms with Crippen LogP contribution < -0.4 is 5.32 Å². The lowest BCUT2D eigenvalue weighted by atomic mass is 9.84. The zero-order valence-corrected chi connectivity index (χ0v) is 24.4. The second-order valence-corrected chi connectivity index (χ2v) is 12.2. The molecule has 222 valence electrons. The molecule has 3 aromatic carbocycles. The van der Waals surface area contributed by atoms with E-state index in [0.717, 1.165) is 36.8 Å². The molecule has 2 unspecified atom stereocenters. The van der Waals surface area contributed by atoms with Crippen LogP contribution in [-0.2, 0) is 14.4 Å². The molecule has 0 radical (unpaired) electrons. The van der Waals surface area contributed by atoms with Gasteiger partial charge in [-0.3, -0.25) is 19.2 Å². The Labute approximate surface area is 253 Å². The van der Waals surface area contributed by atoms with Crippen molar-refractivity contribution in [3.05, 3.63) is 108 Å². The summed E-state index contributed by atoms with van der Waals surface area (Å²) < 4.78 is 0. The Morgan fingerprint density at radius 1 is 0.744 bits per heavy atom. The van der Waals surface area contributed by atoms with E-state index >= 15 is 0 Å². The Kier molecular flexibility index (Phi) is 8.68. The van der Waals surface area contributed by atoms with Gasteiger partial charge in [0.1, 0.15) is 12.1 Å². The van der Waals surface area contributed by atoms with Crippen LogP contribution >= 0.6 is 0 Å². The Bertz CT molecular complexity index is 1400. The summed E-state index contributed by atoms with van der Waals surface area (Å²) >= 11 is 0. The zero-order valence-electron chi connectivity index (χ0n) is 24.4. The third kappa shape index (κ3) is 6.12. The van der Waals surface area contributed by atoms with Crippen LogP contribution in [0.1, 0.15) is 72.3 Å². The van der Waals surface area contributed by atoms with E-state index in [4.69, 9.17) is 0 Å². The molecule has 6 rings (SSSR count). The quantitative estimate of drug-likeness (QED) is 0.410. The number of amides is 3. The van der Waals surface area contributed by atoms with Crippen molar-refractivity contribution in [1.82, 2.24) is 15.1 Å². The molecule has 7 heteroatoms. The summed E-state index contributed by atoms with van der Waals surface area (Å²) in [5.41, 5.74) is 2.26. The summed E-state index contributed by atoms with van der Waals surface area (Å²) in [6.45, 7) is 0.382. The van der Waals surface area contributed by atoms with E-state index in [1.165, 1.54) is 6.42 Å². The van der Waals surface area contributed by atoms with Crippen LogP contribution in [0.4, 0.5) is 0 Å². The minimum atomic E-state index is -0.740. The van der Waals surface area contributed by atoms with Crippen LogP contribution in [0.3, 0.4) is 0 Å². The molecule has 1 aliphatic carbocycles. The monoisotopic (exact) mass is 577 g/mol. The number of rotatable bonds is 8. The van der Waals surface area contributed by atoms with E-state index in [2.05, 4.69) is 5.32 Å². The number of carbonyl (C=O) groups is 4. The molecule has 0 aromatic heterocycles. The standard InChI is InChI=1S/C36H39N3O4/c40-31-24-39(35(42)28-19-11-4-12-20-28)30-21-22-38(33(30)31)36(43)29(23-25-13-5-1-6-14-25)37-34(41)32(26-15-7-2-8-16-26)27-17-9-3-10-18-27/h2-4,7-12,15-20,25,29-30,32-33H,1,5-6,13-14,21-24H2,(H,37,41)/t29-,30?,33?/m0/s1. The first-order chi connectivity index (χ1) is 21.0. The van der Waals surface area contributed by atoms with Crippen molar-refractivity contribution in [1.29, 1.82) is 0 Å². The largest absolute Gasteiger partial charge is 0.343 e. The first-order valence-electron chi connectivity index (χ1n) is 15.6. The third-order valence-electron chi connectivity index (χ3n) is 9.42. The van der Waals surface area contributed by atoms with Crippen molar-refractivity contribution in [3.63, 3.8) is 0 Å². The Morgan fingerprint density at radius 3 is 1.93 bits per heavy atom. The van der Waals surface area contributed by atoms with Gasteiger partial charge in [0.05, 0.1) is 18.5 Å². The van der Waals surface area contributed by atoms with E-state index < -0.39 is 18.0 Å². The fourth-order valence-corrected chi connectivity index (χ4v) is 7.30. The highest BCUT2D eigenvalue weighted by Crippen LogP contribution is 2.34. The number of nitrogens with zero attached hydrogens (tertiary/aromatic N) is 2. The molecule has 3 atom stereocenters. The normalized spacial score (nSPS) is 21.1. The van der Waals surface area contributed by atoms with Crippen molar-refractivity contribution in [3.8, 4) is 0 Å². The number of nitrogens with one attached hydrogen (secondary N) is 1. The Morgan fingerprint density at radius 2 is 1.33 bits per heavy atom. The average Bonchev–Trinajstić information content (AvgIpc) is 3.63. The topological polar surface area (TPSA) is 86.8 Å². The highest BCUT2D eigenvalue weighted by molar-refractivity contribution is 6.03. The molecule has 43 heavy (non-hydrogen) atoms. The van der Waals surface area contributed by atoms with Crippen molar-refractivity contribution in [2.24, 2.45) is 5.92 Å². The molecule has 0 bridgehead atoms. The lowest BCUT2D eigenvalue weighted by Gasteiger charge is -2.32. The number of likely N-dealkylation sites (tertiary alicyclic amines) is 2. The second kappa shape index (κ2) is 12.9. The molecular weight excluding hydrogens is 538 g/mol. The van der Waals surface area contributed by atoms with Gasteiger partial charge in [0.25, 0.3) is 5.91 Å². The number of Topliss-reactive ketones (excluding diaryl/α,β-unsaturated/α-hetero) is 1. The van der Waals surface area contributed by atoms with E-state index in [0.29, 0.717) is 30.9 Å². The molecule has 2 aliphatic heterocycles. The number of ketones is 1. The number of benzene rings is 3. The fraction of sp³-hybridized carbons (Fsp3) is 0.389. The average molecular weight is 578 g/mol.